The quantitative estimate of drug-likeness (QED) is 0.458. The van der Waals surface area contributed by atoms with Gasteiger partial charge in [0.1, 0.15) is 6.10 Å². The Morgan fingerprint density at radius 3 is 2.28 bits per heavy atom. The molecule has 1 aliphatic rings. The average Bonchev–Trinajstić information content (AvgIpc) is 2.33. The first-order valence-electron chi connectivity index (χ1n) is 7.63. The number of rotatable bonds is 0. The predicted octanol–water partition coefficient (Wildman–Crippen LogP) is 4.78. The SMILES string of the molecule is CC1C/C=C/CCCCCCCCCCC(=O)O1. The second-order valence-electron chi connectivity index (χ2n) is 5.37. The lowest BCUT2D eigenvalue weighted by molar-refractivity contribution is -0.148. The minimum absolute atomic E-state index is 0.0250. The molecule has 0 saturated heterocycles. The first-order chi connectivity index (χ1) is 8.79. The predicted molar refractivity (Wildman–Crippen MR) is 75.5 cm³/mol. The Kier molecular flexibility index (Phi) is 8.62. The molecule has 1 heterocycles. The lowest BCUT2D eigenvalue weighted by Crippen LogP contribution is -2.13. The van der Waals surface area contributed by atoms with E-state index in [0.29, 0.717) is 6.42 Å². The number of esters is 1. The molecule has 0 N–H and O–H groups in total. The van der Waals surface area contributed by atoms with Crippen LogP contribution in [-0.2, 0) is 9.53 Å². The van der Waals surface area contributed by atoms with Crippen molar-refractivity contribution < 1.29 is 9.53 Å². The summed E-state index contributed by atoms with van der Waals surface area (Å²) in [4.78, 5) is 11.5. The van der Waals surface area contributed by atoms with E-state index in [1.165, 1.54) is 51.4 Å². The molecule has 0 fully saturated rings. The number of cyclic esters (lactones) is 1. The van der Waals surface area contributed by atoms with Gasteiger partial charge in [-0.1, -0.05) is 50.7 Å². The molecule has 1 aliphatic heterocycles. The number of carbonyl (C=O) groups excluding carboxylic acids is 1. The van der Waals surface area contributed by atoms with Crippen LogP contribution in [0, 0.1) is 0 Å². The van der Waals surface area contributed by atoms with E-state index in [2.05, 4.69) is 12.2 Å². The third-order valence-electron chi connectivity index (χ3n) is 3.47. The Balaban J connectivity index is 2.29. The van der Waals surface area contributed by atoms with Crippen LogP contribution in [0.2, 0.25) is 0 Å². The van der Waals surface area contributed by atoms with Gasteiger partial charge in [0, 0.05) is 12.8 Å². The van der Waals surface area contributed by atoms with Gasteiger partial charge in [-0.05, 0) is 26.2 Å². The van der Waals surface area contributed by atoms with Crippen molar-refractivity contribution in [2.75, 3.05) is 0 Å². The number of ether oxygens (including phenoxy) is 1. The molecule has 1 unspecified atom stereocenters. The van der Waals surface area contributed by atoms with Crippen molar-refractivity contribution in [1.82, 2.24) is 0 Å². The highest BCUT2D eigenvalue weighted by molar-refractivity contribution is 5.69. The molecule has 0 aromatic carbocycles. The highest BCUT2D eigenvalue weighted by Crippen LogP contribution is 2.12. The molecule has 0 saturated carbocycles. The van der Waals surface area contributed by atoms with E-state index in [4.69, 9.17) is 4.74 Å². The molecule has 0 radical (unpaired) electrons. The number of hydrogen-bond donors (Lipinski definition) is 0. The number of allylic oxidation sites excluding steroid dienone is 1. The summed E-state index contributed by atoms with van der Waals surface area (Å²) in [5.41, 5.74) is 0. The number of hydrogen-bond acceptors (Lipinski definition) is 2. The zero-order valence-electron chi connectivity index (χ0n) is 11.8. The summed E-state index contributed by atoms with van der Waals surface area (Å²) < 4.78 is 5.36. The zero-order valence-corrected chi connectivity index (χ0v) is 11.8. The Morgan fingerprint density at radius 2 is 1.56 bits per heavy atom. The number of carbonyl (C=O) groups is 1. The summed E-state index contributed by atoms with van der Waals surface area (Å²) in [7, 11) is 0. The van der Waals surface area contributed by atoms with E-state index in [1.54, 1.807) is 0 Å². The summed E-state index contributed by atoms with van der Waals surface area (Å²) in [5, 5.41) is 0. The molecule has 1 atom stereocenters. The Labute approximate surface area is 112 Å². The van der Waals surface area contributed by atoms with Crippen LogP contribution in [0.3, 0.4) is 0 Å². The van der Waals surface area contributed by atoms with Crippen LogP contribution in [0.1, 0.15) is 77.6 Å². The summed E-state index contributed by atoms with van der Waals surface area (Å²) in [6.45, 7) is 1.98. The molecular formula is C16H28O2. The first kappa shape index (κ1) is 15.3. The van der Waals surface area contributed by atoms with Gasteiger partial charge in [-0.2, -0.15) is 0 Å². The van der Waals surface area contributed by atoms with Crippen LogP contribution in [0.4, 0.5) is 0 Å². The van der Waals surface area contributed by atoms with Crippen molar-refractivity contribution >= 4 is 5.97 Å². The average molecular weight is 252 g/mol. The van der Waals surface area contributed by atoms with Gasteiger partial charge < -0.3 is 4.74 Å². The molecule has 0 amide bonds. The summed E-state index contributed by atoms with van der Waals surface area (Å²) in [6.07, 6.45) is 17.1. The van der Waals surface area contributed by atoms with Gasteiger partial charge in [0.25, 0.3) is 0 Å². The molecule has 0 aromatic rings. The van der Waals surface area contributed by atoms with Gasteiger partial charge in [0.2, 0.25) is 0 Å². The van der Waals surface area contributed by atoms with E-state index in [0.717, 1.165) is 12.8 Å². The Bertz CT molecular complexity index is 245. The van der Waals surface area contributed by atoms with Crippen molar-refractivity contribution in [2.45, 2.75) is 83.7 Å². The van der Waals surface area contributed by atoms with Gasteiger partial charge in [-0.25, -0.2) is 0 Å². The molecule has 18 heavy (non-hydrogen) atoms. The summed E-state index contributed by atoms with van der Waals surface area (Å²) >= 11 is 0. The van der Waals surface area contributed by atoms with E-state index in [-0.39, 0.29) is 12.1 Å². The molecule has 1 rings (SSSR count). The molecular weight excluding hydrogens is 224 g/mol. The van der Waals surface area contributed by atoms with Crippen LogP contribution in [0.15, 0.2) is 12.2 Å². The minimum Gasteiger partial charge on any atom is -0.462 e. The van der Waals surface area contributed by atoms with E-state index in [9.17, 15) is 4.79 Å². The lowest BCUT2D eigenvalue weighted by atomic mass is 10.1. The molecule has 104 valence electrons. The van der Waals surface area contributed by atoms with Crippen molar-refractivity contribution in [3.8, 4) is 0 Å². The maximum atomic E-state index is 11.5. The second kappa shape index (κ2) is 10.2. The molecule has 0 spiro atoms. The standard InChI is InChI=1S/C16H28O2/c1-15-13-11-9-7-5-3-2-4-6-8-10-12-14-16(17)18-15/h9,11,15H,2-8,10,12-14H2,1H3/b11-9+. The van der Waals surface area contributed by atoms with Crippen molar-refractivity contribution in [1.29, 1.82) is 0 Å². The molecule has 2 nitrogen and oxygen atoms in total. The normalized spacial score (nSPS) is 27.4. The van der Waals surface area contributed by atoms with Crippen molar-refractivity contribution in [3.63, 3.8) is 0 Å². The van der Waals surface area contributed by atoms with E-state index in [1.807, 2.05) is 6.92 Å². The maximum Gasteiger partial charge on any atom is 0.306 e. The zero-order chi connectivity index (χ0) is 13.1. The Morgan fingerprint density at radius 1 is 0.944 bits per heavy atom. The Hall–Kier alpha value is -0.790. The highest BCUT2D eigenvalue weighted by atomic mass is 16.5. The largest absolute Gasteiger partial charge is 0.462 e. The fraction of sp³-hybridized carbons (Fsp3) is 0.812. The summed E-state index contributed by atoms with van der Waals surface area (Å²) in [5.74, 6) is -0.0250. The summed E-state index contributed by atoms with van der Waals surface area (Å²) in [6, 6.07) is 0. The van der Waals surface area contributed by atoms with Gasteiger partial charge in [-0.3, -0.25) is 4.79 Å². The monoisotopic (exact) mass is 252 g/mol. The van der Waals surface area contributed by atoms with Crippen LogP contribution in [-0.4, -0.2) is 12.1 Å². The lowest BCUT2D eigenvalue weighted by Gasteiger charge is -2.11. The van der Waals surface area contributed by atoms with Crippen LogP contribution < -0.4 is 0 Å². The second-order valence-corrected chi connectivity index (χ2v) is 5.37. The minimum atomic E-state index is -0.0250. The van der Waals surface area contributed by atoms with Gasteiger partial charge in [0.05, 0.1) is 0 Å². The fourth-order valence-electron chi connectivity index (χ4n) is 2.33. The molecule has 0 aliphatic carbocycles. The van der Waals surface area contributed by atoms with Crippen molar-refractivity contribution in [3.05, 3.63) is 12.2 Å². The fourth-order valence-corrected chi connectivity index (χ4v) is 2.33. The van der Waals surface area contributed by atoms with Crippen LogP contribution in [0.5, 0.6) is 0 Å². The molecule has 0 bridgehead atoms. The van der Waals surface area contributed by atoms with Gasteiger partial charge in [0.15, 0.2) is 0 Å². The molecule has 0 aromatic heterocycles. The highest BCUT2D eigenvalue weighted by Gasteiger charge is 2.07. The third-order valence-corrected chi connectivity index (χ3v) is 3.47. The topological polar surface area (TPSA) is 26.3 Å². The van der Waals surface area contributed by atoms with Crippen molar-refractivity contribution in [2.24, 2.45) is 0 Å². The smallest absolute Gasteiger partial charge is 0.306 e. The van der Waals surface area contributed by atoms with Gasteiger partial charge >= 0.3 is 5.97 Å². The van der Waals surface area contributed by atoms with Gasteiger partial charge in [-0.15, -0.1) is 0 Å². The maximum absolute atomic E-state index is 11.5. The van der Waals surface area contributed by atoms with Crippen LogP contribution in [0.25, 0.3) is 0 Å². The first-order valence-corrected chi connectivity index (χ1v) is 7.63. The molecule has 2 heteroatoms. The van der Waals surface area contributed by atoms with Crippen LogP contribution >= 0.6 is 0 Å². The van der Waals surface area contributed by atoms with E-state index < -0.39 is 0 Å². The third kappa shape index (κ3) is 8.32. The van der Waals surface area contributed by atoms with E-state index >= 15 is 0 Å².